The van der Waals surface area contributed by atoms with Crippen LogP contribution in [0.4, 0.5) is 0 Å². The van der Waals surface area contributed by atoms with E-state index in [1.54, 1.807) is 0 Å². The fourth-order valence-electron chi connectivity index (χ4n) is 3.94. The van der Waals surface area contributed by atoms with Gasteiger partial charge >= 0.3 is 0 Å². The van der Waals surface area contributed by atoms with Gasteiger partial charge in [-0.2, -0.15) is 0 Å². The zero-order chi connectivity index (χ0) is 16.2. The van der Waals surface area contributed by atoms with Crippen molar-refractivity contribution in [3.63, 3.8) is 0 Å². The fourth-order valence-corrected chi connectivity index (χ4v) is 3.94. The predicted molar refractivity (Wildman–Crippen MR) is 97.0 cm³/mol. The van der Waals surface area contributed by atoms with Crippen LogP contribution in [-0.4, -0.2) is 31.1 Å². The highest BCUT2D eigenvalue weighted by Gasteiger charge is 2.32. The Kier molecular flexibility index (Phi) is 4.81. The van der Waals surface area contributed by atoms with Crippen molar-refractivity contribution in [2.45, 2.75) is 19.6 Å². The Bertz CT molecular complexity index is 641. The molecule has 0 saturated carbocycles. The van der Waals surface area contributed by atoms with Gasteiger partial charge in [-0.3, -0.25) is 4.90 Å². The summed E-state index contributed by atoms with van der Waals surface area (Å²) in [5.41, 5.74) is 2.58. The first-order valence-electron chi connectivity index (χ1n) is 9.05. The summed E-state index contributed by atoms with van der Waals surface area (Å²) >= 11 is 0. The van der Waals surface area contributed by atoms with Crippen molar-refractivity contribution in [2.24, 2.45) is 11.8 Å². The second kappa shape index (κ2) is 7.37. The molecule has 2 heterocycles. The number of benzene rings is 2. The second-order valence-corrected chi connectivity index (χ2v) is 7.12. The van der Waals surface area contributed by atoms with Crippen LogP contribution in [0, 0.1) is 11.8 Å². The molecule has 0 aromatic heterocycles. The summed E-state index contributed by atoms with van der Waals surface area (Å²) in [6.45, 7) is 6.59. The van der Waals surface area contributed by atoms with Crippen LogP contribution in [-0.2, 0) is 13.2 Å². The van der Waals surface area contributed by atoms with Gasteiger partial charge in [0.05, 0.1) is 0 Å². The summed E-state index contributed by atoms with van der Waals surface area (Å²) < 4.78 is 5.87. The van der Waals surface area contributed by atoms with Gasteiger partial charge in [-0.05, 0) is 61.2 Å². The number of ether oxygens (including phenoxy) is 1. The van der Waals surface area contributed by atoms with Crippen molar-refractivity contribution in [1.29, 1.82) is 0 Å². The summed E-state index contributed by atoms with van der Waals surface area (Å²) in [6.07, 6.45) is 1.34. The lowest BCUT2D eigenvalue weighted by Gasteiger charge is -2.34. The first-order chi connectivity index (χ1) is 11.9. The molecule has 4 rings (SSSR count). The van der Waals surface area contributed by atoms with Crippen LogP contribution < -0.4 is 10.1 Å². The van der Waals surface area contributed by atoms with Gasteiger partial charge in [0.15, 0.2) is 0 Å². The molecule has 126 valence electrons. The number of hydrogen-bond acceptors (Lipinski definition) is 3. The molecular weight excluding hydrogens is 296 g/mol. The zero-order valence-electron chi connectivity index (χ0n) is 14.2. The molecule has 2 unspecified atom stereocenters. The van der Waals surface area contributed by atoms with E-state index in [1.807, 2.05) is 18.2 Å². The number of rotatable bonds is 5. The lowest BCUT2D eigenvalue weighted by molar-refractivity contribution is 0.142. The molecule has 2 aliphatic heterocycles. The quantitative estimate of drug-likeness (QED) is 0.914. The van der Waals surface area contributed by atoms with Crippen LogP contribution in [0.3, 0.4) is 0 Å². The highest BCUT2D eigenvalue weighted by molar-refractivity contribution is 5.28. The maximum Gasteiger partial charge on any atom is 0.119 e. The predicted octanol–water partition coefficient (Wildman–Crippen LogP) is 3.31. The molecule has 2 aromatic carbocycles. The minimum absolute atomic E-state index is 0.627. The average Bonchev–Trinajstić information content (AvgIpc) is 3.10. The Morgan fingerprint density at radius 1 is 0.917 bits per heavy atom. The number of piperidine rings is 1. The summed E-state index contributed by atoms with van der Waals surface area (Å²) in [5, 5.41) is 3.54. The molecule has 3 nitrogen and oxygen atoms in total. The van der Waals surface area contributed by atoms with E-state index in [4.69, 9.17) is 4.74 Å². The molecule has 0 amide bonds. The molecule has 2 aromatic rings. The normalized spacial score (nSPS) is 23.8. The number of hydrogen-bond donors (Lipinski definition) is 1. The van der Waals surface area contributed by atoms with Gasteiger partial charge in [-0.1, -0.05) is 42.5 Å². The van der Waals surface area contributed by atoms with E-state index in [1.165, 1.54) is 43.7 Å². The Balaban J connectivity index is 1.29. The maximum absolute atomic E-state index is 5.87. The topological polar surface area (TPSA) is 24.5 Å². The van der Waals surface area contributed by atoms with E-state index in [0.717, 1.165) is 24.1 Å². The fraction of sp³-hybridized carbons (Fsp3) is 0.429. The van der Waals surface area contributed by atoms with Crippen molar-refractivity contribution in [3.05, 3.63) is 65.7 Å². The first-order valence-corrected chi connectivity index (χ1v) is 9.05. The molecular formula is C21H26N2O. The summed E-state index contributed by atoms with van der Waals surface area (Å²) in [6, 6.07) is 18.9. The number of fused-ring (bicyclic) bond motifs is 1. The van der Waals surface area contributed by atoms with E-state index in [2.05, 4.69) is 46.6 Å². The number of nitrogens with zero attached hydrogens (tertiary/aromatic N) is 1. The molecule has 3 heteroatoms. The van der Waals surface area contributed by atoms with Crippen LogP contribution in [0.25, 0.3) is 0 Å². The minimum atomic E-state index is 0.627. The summed E-state index contributed by atoms with van der Waals surface area (Å²) in [5.74, 6) is 2.71. The Labute approximate surface area is 144 Å². The average molecular weight is 322 g/mol. The van der Waals surface area contributed by atoms with Crippen molar-refractivity contribution in [1.82, 2.24) is 10.2 Å². The Hall–Kier alpha value is -1.84. The molecule has 0 aliphatic carbocycles. The van der Waals surface area contributed by atoms with E-state index in [-0.39, 0.29) is 0 Å². The van der Waals surface area contributed by atoms with Gasteiger partial charge in [0.1, 0.15) is 12.4 Å². The number of nitrogens with one attached hydrogen (secondary N) is 1. The van der Waals surface area contributed by atoms with Crippen molar-refractivity contribution < 1.29 is 4.74 Å². The van der Waals surface area contributed by atoms with E-state index < -0.39 is 0 Å². The van der Waals surface area contributed by atoms with Crippen LogP contribution in [0.2, 0.25) is 0 Å². The van der Waals surface area contributed by atoms with Gasteiger partial charge in [-0.25, -0.2) is 0 Å². The van der Waals surface area contributed by atoms with E-state index >= 15 is 0 Å². The largest absolute Gasteiger partial charge is 0.489 e. The third kappa shape index (κ3) is 3.80. The zero-order valence-corrected chi connectivity index (χ0v) is 14.2. The van der Waals surface area contributed by atoms with Gasteiger partial charge in [0.2, 0.25) is 0 Å². The lowest BCUT2D eigenvalue weighted by Crippen LogP contribution is -2.39. The smallest absolute Gasteiger partial charge is 0.119 e. The molecule has 2 saturated heterocycles. The van der Waals surface area contributed by atoms with Crippen LogP contribution >= 0.6 is 0 Å². The second-order valence-electron chi connectivity index (χ2n) is 7.12. The third-order valence-electron chi connectivity index (χ3n) is 5.37. The SMILES string of the molecule is c1ccc(COc2ccc(CN3CCC4CNCC4C3)cc2)cc1. The van der Waals surface area contributed by atoms with Crippen LogP contribution in [0.1, 0.15) is 17.5 Å². The molecule has 2 atom stereocenters. The molecule has 1 N–H and O–H groups in total. The van der Waals surface area contributed by atoms with Crippen molar-refractivity contribution >= 4 is 0 Å². The van der Waals surface area contributed by atoms with Gasteiger partial charge in [-0.15, -0.1) is 0 Å². The summed E-state index contributed by atoms with van der Waals surface area (Å²) in [7, 11) is 0. The molecule has 24 heavy (non-hydrogen) atoms. The highest BCUT2D eigenvalue weighted by Crippen LogP contribution is 2.27. The van der Waals surface area contributed by atoms with Crippen molar-refractivity contribution in [3.8, 4) is 5.75 Å². The number of likely N-dealkylation sites (tertiary alicyclic amines) is 1. The van der Waals surface area contributed by atoms with Gasteiger partial charge < -0.3 is 10.1 Å². The first kappa shape index (κ1) is 15.7. The van der Waals surface area contributed by atoms with Crippen molar-refractivity contribution in [2.75, 3.05) is 26.2 Å². The van der Waals surface area contributed by atoms with Gasteiger partial charge in [0.25, 0.3) is 0 Å². The lowest BCUT2D eigenvalue weighted by atomic mass is 9.88. The Morgan fingerprint density at radius 2 is 1.71 bits per heavy atom. The van der Waals surface area contributed by atoms with Crippen LogP contribution in [0.5, 0.6) is 5.75 Å². The molecule has 2 aliphatic rings. The molecule has 0 radical (unpaired) electrons. The van der Waals surface area contributed by atoms with E-state index in [9.17, 15) is 0 Å². The molecule has 2 fully saturated rings. The van der Waals surface area contributed by atoms with Crippen LogP contribution in [0.15, 0.2) is 54.6 Å². The minimum Gasteiger partial charge on any atom is -0.489 e. The monoisotopic (exact) mass is 322 g/mol. The summed E-state index contributed by atoms with van der Waals surface area (Å²) in [4.78, 5) is 2.61. The standard InChI is InChI=1S/C21H26N2O/c1-2-4-18(5-3-1)16-24-21-8-6-17(7-9-21)14-23-11-10-19-12-22-13-20(19)15-23/h1-9,19-20,22H,10-16H2. The molecule has 0 spiro atoms. The maximum atomic E-state index is 5.87. The molecule has 0 bridgehead atoms. The van der Waals surface area contributed by atoms with E-state index in [0.29, 0.717) is 6.61 Å². The highest BCUT2D eigenvalue weighted by atomic mass is 16.5. The third-order valence-corrected chi connectivity index (χ3v) is 5.37. The van der Waals surface area contributed by atoms with Gasteiger partial charge in [0, 0.05) is 13.1 Å². The Morgan fingerprint density at radius 3 is 2.54 bits per heavy atom.